The summed E-state index contributed by atoms with van der Waals surface area (Å²) in [7, 11) is 1.52. The largest absolute Gasteiger partial charge is 0.398 e. The molecule has 0 aromatic heterocycles. The first-order valence-electron chi connectivity index (χ1n) is 5.35. The van der Waals surface area contributed by atoms with Crippen molar-refractivity contribution in [1.29, 1.82) is 0 Å². The van der Waals surface area contributed by atoms with Gasteiger partial charge in [-0.15, -0.1) is 0 Å². The van der Waals surface area contributed by atoms with Crippen LogP contribution in [0.25, 0.3) is 0 Å². The van der Waals surface area contributed by atoms with Gasteiger partial charge in [-0.05, 0) is 25.5 Å². The summed E-state index contributed by atoms with van der Waals surface area (Å²) in [5.74, 6) is -0.581. The lowest BCUT2D eigenvalue weighted by atomic mass is 10.1. The van der Waals surface area contributed by atoms with Crippen LogP contribution in [0.1, 0.15) is 22.8 Å². The summed E-state index contributed by atoms with van der Waals surface area (Å²) in [6.45, 7) is 3.42. The molecule has 0 aliphatic carbocycles. The number of carbonyl (C=O) groups is 2. The van der Waals surface area contributed by atoms with Crippen LogP contribution in [0.3, 0.4) is 0 Å². The summed E-state index contributed by atoms with van der Waals surface area (Å²) in [4.78, 5) is 23.2. The van der Waals surface area contributed by atoms with E-state index >= 15 is 0 Å². The minimum absolute atomic E-state index is 0.245. The number of rotatable bonds is 3. The van der Waals surface area contributed by atoms with Crippen molar-refractivity contribution in [2.24, 2.45) is 0 Å². The van der Waals surface area contributed by atoms with Crippen LogP contribution >= 0.6 is 0 Å². The van der Waals surface area contributed by atoms with Gasteiger partial charge >= 0.3 is 0 Å². The molecule has 0 aliphatic heterocycles. The molecule has 2 amide bonds. The summed E-state index contributed by atoms with van der Waals surface area (Å²) >= 11 is 0. The molecule has 17 heavy (non-hydrogen) atoms. The van der Waals surface area contributed by atoms with Crippen LogP contribution < -0.4 is 16.4 Å². The van der Waals surface area contributed by atoms with Crippen molar-refractivity contribution < 1.29 is 9.59 Å². The van der Waals surface area contributed by atoms with E-state index in [1.165, 1.54) is 7.05 Å². The van der Waals surface area contributed by atoms with Crippen LogP contribution in [0.2, 0.25) is 0 Å². The third-order valence-corrected chi connectivity index (χ3v) is 2.52. The Bertz CT molecular complexity index is 423. The highest BCUT2D eigenvalue weighted by Crippen LogP contribution is 2.15. The first kappa shape index (κ1) is 13.0. The molecule has 1 aromatic carbocycles. The fraction of sp³-hybridized carbons (Fsp3) is 0.333. The van der Waals surface area contributed by atoms with Crippen molar-refractivity contribution in [3.8, 4) is 0 Å². The molecule has 0 aliphatic rings. The van der Waals surface area contributed by atoms with E-state index in [4.69, 9.17) is 5.73 Å². The van der Waals surface area contributed by atoms with E-state index in [2.05, 4.69) is 10.6 Å². The zero-order valence-corrected chi connectivity index (χ0v) is 10.2. The van der Waals surface area contributed by atoms with Gasteiger partial charge in [0, 0.05) is 12.7 Å². The highest BCUT2D eigenvalue weighted by atomic mass is 16.2. The van der Waals surface area contributed by atoms with Crippen LogP contribution in [-0.2, 0) is 4.79 Å². The first-order valence-corrected chi connectivity index (χ1v) is 5.35. The molecule has 1 unspecified atom stereocenters. The van der Waals surface area contributed by atoms with Gasteiger partial charge in [0.05, 0.1) is 5.56 Å². The Hall–Kier alpha value is -2.04. The third kappa shape index (κ3) is 2.96. The Morgan fingerprint density at radius 2 is 2.00 bits per heavy atom. The van der Waals surface area contributed by atoms with Crippen LogP contribution in [0.15, 0.2) is 18.2 Å². The van der Waals surface area contributed by atoms with E-state index in [9.17, 15) is 9.59 Å². The second-order valence-electron chi connectivity index (χ2n) is 3.85. The molecule has 4 N–H and O–H groups in total. The van der Waals surface area contributed by atoms with Crippen molar-refractivity contribution >= 4 is 17.5 Å². The maximum atomic E-state index is 11.9. The van der Waals surface area contributed by atoms with Gasteiger partial charge in [0.15, 0.2) is 0 Å². The highest BCUT2D eigenvalue weighted by Gasteiger charge is 2.18. The Morgan fingerprint density at radius 1 is 1.35 bits per heavy atom. The number of nitrogens with two attached hydrogens (primary N) is 1. The lowest BCUT2D eigenvalue weighted by molar-refractivity contribution is -0.122. The number of carbonyl (C=O) groups excluding carboxylic acids is 2. The number of anilines is 1. The van der Waals surface area contributed by atoms with Gasteiger partial charge in [-0.2, -0.15) is 0 Å². The third-order valence-electron chi connectivity index (χ3n) is 2.52. The highest BCUT2D eigenvalue weighted by molar-refractivity contribution is 6.02. The average Bonchev–Trinajstić information content (AvgIpc) is 2.27. The molecule has 0 radical (unpaired) electrons. The van der Waals surface area contributed by atoms with Crippen molar-refractivity contribution in [3.05, 3.63) is 29.3 Å². The summed E-state index contributed by atoms with van der Waals surface area (Å²) in [6.07, 6.45) is 0. The monoisotopic (exact) mass is 235 g/mol. The van der Waals surface area contributed by atoms with E-state index in [0.29, 0.717) is 11.3 Å². The number of amides is 2. The second kappa shape index (κ2) is 5.34. The van der Waals surface area contributed by atoms with Gasteiger partial charge in [0.25, 0.3) is 5.91 Å². The van der Waals surface area contributed by atoms with E-state index in [1.54, 1.807) is 32.0 Å². The van der Waals surface area contributed by atoms with Crippen molar-refractivity contribution in [2.45, 2.75) is 19.9 Å². The summed E-state index contributed by atoms with van der Waals surface area (Å²) in [5, 5.41) is 5.06. The minimum atomic E-state index is -0.591. The minimum Gasteiger partial charge on any atom is -0.398 e. The quantitative estimate of drug-likeness (QED) is 0.665. The molecule has 5 heteroatoms. The predicted molar refractivity (Wildman–Crippen MR) is 66.6 cm³/mol. The van der Waals surface area contributed by atoms with Crippen molar-refractivity contribution in [2.75, 3.05) is 12.8 Å². The Balaban J connectivity index is 2.87. The molecule has 0 saturated carbocycles. The maximum absolute atomic E-state index is 11.9. The fourth-order valence-corrected chi connectivity index (χ4v) is 1.55. The smallest absolute Gasteiger partial charge is 0.254 e. The van der Waals surface area contributed by atoms with Crippen LogP contribution in [0, 0.1) is 6.92 Å². The fourth-order valence-electron chi connectivity index (χ4n) is 1.55. The molecular formula is C12H17N3O2. The summed E-state index contributed by atoms with van der Waals surface area (Å²) in [5.41, 5.74) is 7.36. The Morgan fingerprint density at radius 3 is 2.53 bits per heavy atom. The number of likely N-dealkylation sites (N-methyl/N-ethyl adjacent to an activating group) is 1. The van der Waals surface area contributed by atoms with Crippen LogP contribution in [-0.4, -0.2) is 24.9 Å². The van der Waals surface area contributed by atoms with Gasteiger partial charge in [-0.25, -0.2) is 0 Å². The molecule has 0 heterocycles. The molecule has 0 bridgehead atoms. The lowest BCUT2D eigenvalue weighted by Crippen LogP contribution is -2.43. The molecule has 1 aromatic rings. The van der Waals surface area contributed by atoms with Gasteiger partial charge in [0.1, 0.15) is 6.04 Å². The number of hydrogen-bond donors (Lipinski definition) is 3. The van der Waals surface area contributed by atoms with E-state index in [0.717, 1.165) is 5.56 Å². The molecule has 0 spiro atoms. The van der Waals surface area contributed by atoms with Gasteiger partial charge in [0.2, 0.25) is 5.91 Å². The Kier molecular flexibility index (Phi) is 4.09. The molecule has 1 rings (SSSR count). The molecular weight excluding hydrogens is 218 g/mol. The van der Waals surface area contributed by atoms with Gasteiger partial charge in [-0.3, -0.25) is 9.59 Å². The topological polar surface area (TPSA) is 84.2 Å². The van der Waals surface area contributed by atoms with Crippen LogP contribution in [0.5, 0.6) is 0 Å². The van der Waals surface area contributed by atoms with E-state index in [-0.39, 0.29) is 11.8 Å². The normalized spacial score (nSPS) is 11.7. The maximum Gasteiger partial charge on any atom is 0.254 e. The number of benzene rings is 1. The number of nitrogens with one attached hydrogen (secondary N) is 2. The molecule has 5 nitrogen and oxygen atoms in total. The van der Waals surface area contributed by atoms with Gasteiger partial charge in [-0.1, -0.05) is 12.1 Å². The predicted octanol–water partition coefficient (Wildman–Crippen LogP) is 0.442. The molecule has 0 saturated heterocycles. The zero-order chi connectivity index (χ0) is 13.0. The second-order valence-corrected chi connectivity index (χ2v) is 3.85. The number of hydrogen-bond acceptors (Lipinski definition) is 3. The molecule has 92 valence electrons. The first-order chi connectivity index (χ1) is 7.97. The molecule has 1 atom stereocenters. The van der Waals surface area contributed by atoms with Gasteiger partial charge < -0.3 is 16.4 Å². The average molecular weight is 235 g/mol. The van der Waals surface area contributed by atoms with Crippen molar-refractivity contribution in [3.63, 3.8) is 0 Å². The van der Waals surface area contributed by atoms with E-state index in [1.807, 2.05) is 0 Å². The van der Waals surface area contributed by atoms with Crippen LogP contribution in [0.4, 0.5) is 5.69 Å². The summed E-state index contributed by atoms with van der Waals surface area (Å²) in [6, 6.07) is 4.65. The lowest BCUT2D eigenvalue weighted by Gasteiger charge is -2.14. The molecule has 0 fully saturated rings. The number of aryl methyl sites for hydroxylation is 1. The van der Waals surface area contributed by atoms with E-state index < -0.39 is 6.04 Å². The Labute approximate surface area is 100 Å². The zero-order valence-electron chi connectivity index (χ0n) is 10.2. The van der Waals surface area contributed by atoms with Crippen molar-refractivity contribution in [1.82, 2.24) is 10.6 Å². The SMILES string of the molecule is CNC(=O)C(C)NC(=O)c1c(C)cccc1N. The number of nitrogen functional groups attached to an aromatic ring is 1. The summed E-state index contributed by atoms with van der Waals surface area (Å²) < 4.78 is 0. The standard InChI is InChI=1S/C12H17N3O2/c1-7-5-4-6-9(13)10(7)12(17)15-8(2)11(16)14-3/h4-6,8H,13H2,1-3H3,(H,14,16)(H,15,17).